The van der Waals surface area contributed by atoms with Crippen molar-refractivity contribution < 1.29 is 5.11 Å². The van der Waals surface area contributed by atoms with Crippen molar-refractivity contribution in [2.24, 2.45) is 11.8 Å². The van der Waals surface area contributed by atoms with Crippen LogP contribution in [0.25, 0.3) is 0 Å². The molecule has 1 N–H and O–H groups in total. The minimum Gasteiger partial charge on any atom is -0.391 e. The molecule has 0 aliphatic carbocycles. The van der Waals surface area contributed by atoms with Crippen LogP contribution in [-0.4, -0.2) is 35.7 Å². The van der Waals surface area contributed by atoms with Crippen LogP contribution < -0.4 is 0 Å². The number of hydrogen-bond donors (Lipinski definition) is 1. The molecule has 0 bridgehead atoms. The molecule has 2 atom stereocenters. The Morgan fingerprint density at radius 3 is 2.45 bits per heavy atom. The van der Waals surface area contributed by atoms with Gasteiger partial charge in [0.2, 0.25) is 0 Å². The summed E-state index contributed by atoms with van der Waals surface area (Å²) in [6.07, 6.45) is -0.0891. The molecule has 1 aliphatic rings. The van der Waals surface area contributed by atoms with Crippen LogP contribution in [0.4, 0.5) is 0 Å². The van der Waals surface area contributed by atoms with E-state index in [4.69, 9.17) is 0 Å². The van der Waals surface area contributed by atoms with Crippen LogP contribution in [0.2, 0.25) is 0 Å². The maximum absolute atomic E-state index is 9.44. The van der Waals surface area contributed by atoms with Gasteiger partial charge in [0.05, 0.1) is 6.10 Å². The number of aliphatic hydroxyl groups excluding tert-OH is 1. The molecule has 0 aromatic heterocycles. The monoisotopic (exact) mass is 157 g/mol. The molecule has 0 aromatic rings. The van der Waals surface area contributed by atoms with E-state index in [1.807, 2.05) is 0 Å². The molecule has 1 rings (SSSR count). The number of nitrogens with zero attached hydrogens (tertiary/aromatic N) is 1. The van der Waals surface area contributed by atoms with Gasteiger partial charge in [-0.1, -0.05) is 20.8 Å². The molecule has 0 aromatic carbocycles. The van der Waals surface area contributed by atoms with Crippen LogP contribution in [0, 0.1) is 11.8 Å². The van der Waals surface area contributed by atoms with Crippen LogP contribution in [-0.2, 0) is 0 Å². The van der Waals surface area contributed by atoms with E-state index >= 15 is 0 Å². The molecule has 1 fully saturated rings. The maximum atomic E-state index is 9.44. The fourth-order valence-corrected chi connectivity index (χ4v) is 1.71. The normalized spacial score (nSPS) is 33.5. The van der Waals surface area contributed by atoms with E-state index in [2.05, 4.69) is 25.7 Å². The molecule has 1 heterocycles. The van der Waals surface area contributed by atoms with E-state index in [1.54, 1.807) is 0 Å². The third-order valence-corrected chi connectivity index (χ3v) is 2.27. The maximum Gasteiger partial charge on any atom is 0.0704 e. The molecule has 1 saturated heterocycles. The van der Waals surface area contributed by atoms with E-state index in [-0.39, 0.29) is 6.10 Å². The van der Waals surface area contributed by atoms with Crippen LogP contribution in [0.3, 0.4) is 0 Å². The van der Waals surface area contributed by atoms with Gasteiger partial charge >= 0.3 is 0 Å². The summed E-state index contributed by atoms with van der Waals surface area (Å²) in [6, 6.07) is 0. The summed E-state index contributed by atoms with van der Waals surface area (Å²) < 4.78 is 0. The third-order valence-electron chi connectivity index (χ3n) is 2.27. The van der Waals surface area contributed by atoms with E-state index in [1.165, 1.54) is 0 Å². The lowest BCUT2D eigenvalue weighted by Crippen LogP contribution is -2.26. The number of β-amino-alcohol motifs (C(OH)–C–C–N with tert-alkyl or cyclic N) is 1. The smallest absolute Gasteiger partial charge is 0.0704 e. The van der Waals surface area contributed by atoms with Gasteiger partial charge in [0, 0.05) is 19.6 Å². The van der Waals surface area contributed by atoms with Gasteiger partial charge in [0.15, 0.2) is 0 Å². The minimum atomic E-state index is -0.0891. The summed E-state index contributed by atoms with van der Waals surface area (Å²) in [5, 5.41) is 9.44. The number of hydrogen-bond acceptors (Lipinski definition) is 2. The Bertz CT molecular complexity index is 112. The first-order valence-corrected chi connectivity index (χ1v) is 4.50. The van der Waals surface area contributed by atoms with Crippen LogP contribution in [0.15, 0.2) is 0 Å². The summed E-state index contributed by atoms with van der Waals surface area (Å²) in [6.45, 7) is 9.62. The highest BCUT2D eigenvalue weighted by Crippen LogP contribution is 2.16. The first-order valence-electron chi connectivity index (χ1n) is 4.50. The highest BCUT2D eigenvalue weighted by atomic mass is 16.3. The Morgan fingerprint density at radius 1 is 1.45 bits per heavy atom. The average Bonchev–Trinajstić information content (AvgIpc) is 2.10. The minimum absolute atomic E-state index is 0.0891. The van der Waals surface area contributed by atoms with Gasteiger partial charge in [-0.3, -0.25) is 0 Å². The van der Waals surface area contributed by atoms with Crippen LogP contribution in [0.5, 0.6) is 0 Å². The number of likely N-dealkylation sites (tertiary alicyclic amines) is 1. The first kappa shape index (κ1) is 9.01. The second-order valence-electron chi connectivity index (χ2n) is 4.16. The van der Waals surface area contributed by atoms with Gasteiger partial charge in [-0.2, -0.15) is 0 Å². The van der Waals surface area contributed by atoms with Crippen molar-refractivity contribution in [2.75, 3.05) is 19.6 Å². The van der Waals surface area contributed by atoms with E-state index in [9.17, 15) is 5.11 Å². The molecule has 2 heteroatoms. The van der Waals surface area contributed by atoms with Gasteiger partial charge in [-0.05, 0) is 11.8 Å². The van der Waals surface area contributed by atoms with Crippen molar-refractivity contribution in [3.63, 3.8) is 0 Å². The van der Waals surface area contributed by atoms with Crippen LogP contribution in [0.1, 0.15) is 20.8 Å². The van der Waals surface area contributed by atoms with Gasteiger partial charge in [-0.15, -0.1) is 0 Å². The molecule has 0 unspecified atom stereocenters. The zero-order chi connectivity index (χ0) is 8.43. The van der Waals surface area contributed by atoms with Gasteiger partial charge in [0.1, 0.15) is 0 Å². The van der Waals surface area contributed by atoms with Gasteiger partial charge < -0.3 is 10.0 Å². The Labute approximate surface area is 69.2 Å². The Hall–Kier alpha value is -0.0800. The summed E-state index contributed by atoms with van der Waals surface area (Å²) in [5.41, 5.74) is 0. The molecular weight excluding hydrogens is 138 g/mol. The predicted molar refractivity (Wildman–Crippen MR) is 46.4 cm³/mol. The standard InChI is InChI=1S/C9H19NO/c1-7(2)4-10-5-8(3)9(11)6-10/h7-9,11H,4-6H2,1-3H3/t8-,9-/m0/s1. The quantitative estimate of drug-likeness (QED) is 0.645. The van der Waals surface area contributed by atoms with Crippen LogP contribution >= 0.6 is 0 Å². The van der Waals surface area contributed by atoms with Crippen molar-refractivity contribution >= 4 is 0 Å². The van der Waals surface area contributed by atoms with E-state index in [0.717, 1.165) is 19.6 Å². The zero-order valence-electron chi connectivity index (χ0n) is 7.75. The highest BCUT2D eigenvalue weighted by Gasteiger charge is 2.27. The lowest BCUT2D eigenvalue weighted by molar-refractivity contribution is 0.147. The fraction of sp³-hybridized carbons (Fsp3) is 1.00. The lowest BCUT2D eigenvalue weighted by Gasteiger charge is -2.16. The number of rotatable bonds is 2. The highest BCUT2D eigenvalue weighted by molar-refractivity contribution is 4.80. The second kappa shape index (κ2) is 3.55. The van der Waals surface area contributed by atoms with Gasteiger partial charge in [0.25, 0.3) is 0 Å². The first-order chi connectivity index (χ1) is 5.09. The third kappa shape index (κ3) is 2.46. The fourth-order valence-electron chi connectivity index (χ4n) is 1.71. The largest absolute Gasteiger partial charge is 0.391 e. The van der Waals surface area contributed by atoms with Crippen molar-refractivity contribution in [2.45, 2.75) is 26.9 Å². The zero-order valence-corrected chi connectivity index (χ0v) is 7.75. The van der Waals surface area contributed by atoms with Crippen molar-refractivity contribution in [1.29, 1.82) is 0 Å². The SMILES string of the molecule is CC(C)CN1C[C@H](C)[C@@H](O)C1. The molecule has 2 nitrogen and oxygen atoms in total. The summed E-state index contributed by atoms with van der Waals surface area (Å²) in [7, 11) is 0. The van der Waals surface area contributed by atoms with E-state index < -0.39 is 0 Å². The van der Waals surface area contributed by atoms with Crippen molar-refractivity contribution in [1.82, 2.24) is 4.90 Å². The molecule has 11 heavy (non-hydrogen) atoms. The van der Waals surface area contributed by atoms with Crippen molar-refractivity contribution in [3.8, 4) is 0 Å². The summed E-state index contributed by atoms with van der Waals surface area (Å²) in [5.74, 6) is 1.18. The Kier molecular flexibility index (Phi) is 2.90. The lowest BCUT2D eigenvalue weighted by atomic mass is 10.1. The molecule has 0 radical (unpaired) electrons. The van der Waals surface area contributed by atoms with Crippen molar-refractivity contribution in [3.05, 3.63) is 0 Å². The van der Waals surface area contributed by atoms with E-state index in [0.29, 0.717) is 11.8 Å². The Balaban J connectivity index is 2.29. The topological polar surface area (TPSA) is 23.5 Å². The molecule has 66 valence electrons. The Morgan fingerprint density at radius 2 is 2.09 bits per heavy atom. The molecule has 1 aliphatic heterocycles. The number of aliphatic hydroxyl groups is 1. The summed E-state index contributed by atoms with van der Waals surface area (Å²) >= 11 is 0. The molecule has 0 saturated carbocycles. The molecule has 0 spiro atoms. The predicted octanol–water partition coefficient (Wildman–Crippen LogP) is 0.955. The molecular formula is C9H19NO. The average molecular weight is 157 g/mol. The second-order valence-corrected chi connectivity index (χ2v) is 4.16. The van der Waals surface area contributed by atoms with Gasteiger partial charge in [-0.25, -0.2) is 0 Å². The summed E-state index contributed by atoms with van der Waals surface area (Å²) in [4.78, 5) is 2.35. The molecule has 0 amide bonds.